The van der Waals surface area contributed by atoms with E-state index >= 15 is 0 Å². The van der Waals surface area contributed by atoms with Crippen molar-refractivity contribution in [2.45, 2.75) is 111 Å². The molecule has 1 heteroatoms. The molecule has 1 aromatic carbocycles. The molecule has 0 heterocycles. The monoisotopic (exact) mass is 462 g/mol. The van der Waals surface area contributed by atoms with Gasteiger partial charge < -0.3 is 0 Å². The SMILES string of the molecule is C=C(c1ccc(C)c(C(CCC)C(=O)CC(=C)[C@@H]2C[C@H](C)CC[C@H]2C(C)C)c1)C1CCCCC1. The van der Waals surface area contributed by atoms with Crippen molar-refractivity contribution in [1.29, 1.82) is 0 Å². The molecule has 2 aliphatic carbocycles. The van der Waals surface area contributed by atoms with Crippen LogP contribution in [-0.2, 0) is 4.79 Å². The van der Waals surface area contributed by atoms with E-state index in [1.54, 1.807) is 0 Å². The van der Waals surface area contributed by atoms with Gasteiger partial charge in [0, 0.05) is 12.3 Å². The third-order valence-corrected chi connectivity index (χ3v) is 9.04. The van der Waals surface area contributed by atoms with E-state index in [-0.39, 0.29) is 5.92 Å². The van der Waals surface area contributed by atoms with Crippen molar-refractivity contribution < 1.29 is 4.79 Å². The minimum absolute atomic E-state index is 0.0284. The van der Waals surface area contributed by atoms with Crippen LogP contribution in [0.15, 0.2) is 36.9 Å². The zero-order chi connectivity index (χ0) is 24.8. The molecule has 2 fully saturated rings. The molecule has 0 aliphatic heterocycles. The Hall–Kier alpha value is -1.63. The number of carbonyl (C=O) groups excluding carboxylic acids is 1. The number of allylic oxidation sites excluding steroid dienone is 2. The lowest BCUT2D eigenvalue weighted by molar-refractivity contribution is -0.120. The molecule has 0 radical (unpaired) electrons. The number of hydrogen-bond acceptors (Lipinski definition) is 1. The summed E-state index contributed by atoms with van der Waals surface area (Å²) >= 11 is 0. The third-order valence-electron chi connectivity index (χ3n) is 9.04. The lowest BCUT2D eigenvalue weighted by Crippen LogP contribution is -2.30. The summed E-state index contributed by atoms with van der Waals surface area (Å²) < 4.78 is 0. The Morgan fingerprint density at radius 1 is 1.06 bits per heavy atom. The van der Waals surface area contributed by atoms with Crippen LogP contribution < -0.4 is 0 Å². The second kappa shape index (κ2) is 12.4. The van der Waals surface area contributed by atoms with E-state index in [9.17, 15) is 4.79 Å². The summed E-state index contributed by atoms with van der Waals surface area (Å²) in [4.78, 5) is 13.8. The predicted molar refractivity (Wildman–Crippen MR) is 148 cm³/mol. The van der Waals surface area contributed by atoms with Gasteiger partial charge in [0.05, 0.1) is 0 Å². The van der Waals surface area contributed by atoms with E-state index in [1.807, 2.05) is 0 Å². The van der Waals surface area contributed by atoms with Crippen LogP contribution in [0.25, 0.3) is 5.57 Å². The number of ketones is 1. The molecule has 0 amide bonds. The number of carbonyl (C=O) groups is 1. The van der Waals surface area contributed by atoms with E-state index in [0.717, 1.165) is 18.8 Å². The first kappa shape index (κ1) is 27.0. The highest BCUT2D eigenvalue weighted by molar-refractivity contribution is 5.88. The molecule has 0 spiro atoms. The molecule has 0 bridgehead atoms. The number of Topliss-reactive ketones (excluding diaryl/α,β-unsaturated/α-hetero) is 1. The highest BCUT2D eigenvalue weighted by Gasteiger charge is 2.34. The maximum absolute atomic E-state index is 13.8. The van der Waals surface area contributed by atoms with Crippen LogP contribution in [0.3, 0.4) is 0 Å². The smallest absolute Gasteiger partial charge is 0.144 e. The molecule has 1 aromatic rings. The zero-order valence-corrected chi connectivity index (χ0v) is 22.8. The molecular formula is C33H50O. The number of aryl methyl sites for hydroxylation is 1. The van der Waals surface area contributed by atoms with E-state index in [1.165, 1.54) is 79.2 Å². The summed E-state index contributed by atoms with van der Waals surface area (Å²) in [7, 11) is 0. The van der Waals surface area contributed by atoms with Crippen LogP contribution in [0, 0.1) is 36.5 Å². The molecule has 34 heavy (non-hydrogen) atoms. The normalized spacial score (nSPS) is 24.7. The lowest BCUT2D eigenvalue weighted by Gasteiger charge is -2.38. The standard InChI is InChI=1S/C33H50O/c1-8-12-30(33(34)20-25(6)31-19-23(4)15-18-29(31)22(2)3)32-21-28(17-16-24(32)5)26(7)27-13-10-9-11-14-27/h16-17,21-23,27,29-31H,6-15,18-20H2,1-5H3/t23-,29+,30?,31+/m1/s1. The zero-order valence-electron chi connectivity index (χ0n) is 22.8. The molecule has 2 saturated carbocycles. The average Bonchev–Trinajstić information content (AvgIpc) is 2.82. The van der Waals surface area contributed by atoms with Crippen molar-refractivity contribution in [2.24, 2.45) is 29.6 Å². The Balaban J connectivity index is 1.80. The molecule has 4 atom stereocenters. The van der Waals surface area contributed by atoms with Gasteiger partial charge in [-0.25, -0.2) is 0 Å². The number of rotatable bonds is 10. The molecule has 1 nitrogen and oxygen atoms in total. The van der Waals surface area contributed by atoms with Crippen LogP contribution in [0.1, 0.15) is 121 Å². The first-order valence-electron chi connectivity index (χ1n) is 14.2. The van der Waals surface area contributed by atoms with E-state index in [4.69, 9.17) is 0 Å². The molecule has 0 N–H and O–H groups in total. The highest BCUT2D eigenvalue weighted by atomic mass is 16.1. The highest BCUT2D eigenvalue weighted by Crippen LogP contribution is 2.43. The Morgan fingerprint density at radius 2 is 1.76 bits per heavy atom. The molecule has 1 unspecified atom stereocenters. The number of benzene rings is 1. The Labute approximate surface area is 210 Å². The lowest BCUT2D eigenvalue weighted by atomic mass is 9.66. The Morgan fingerprint density at radius 3 is 2.41 bits per heavy atom. The fourth-order valence-electron chi connectivity index (χ4n) is 6.83. The Kier molecular flexibility index (Phi) is 9.81. The summed E-state index contributed by atoms with van der Waals surface area (Å²) in [6.45, 7) is 20.5. The van der Waals surface area contributed by atoms with Gasteiger partial charge >= 0.3 is 0 Å². The van der Waals surface area contributed by atoms with E-state index in [0.29, 0.717) is 35.9 Å². The van der Waals surface area contributed by atoms with Gasteiger partial charge in [-0.2, -0.15) is 0 Å². The van der Waals surface area contributed by atoms with Gasteiger partial charge in [0.1, 0.15) is 5.78 Å². The number of hydrogen-bond donors (Lipinski definition) is 0. The van der Waals surface area contributed by atoms with Crippen molar-refractivity contribution >= 4 is 11.4 Å². The van der Waals surface area contributed by atoms with Gasteiger partial charge in [-0.3, -0.25) is 4.79 Å². The Bertz CT molecular complexity index is 853. The molecule has 2 aliphatic rings. The second-order valence-electron chi connectivity index (χ2n) is 12.0. The fourth-order valence-corrected chi connectivity index (χ4v) is 6.83. The molecule has 0 aromatic heterocycles. The summed E-state index contributed by atoms with van der Waals surface area (Å²) in [5.74, 6) is 3.50. The first-order valence-corrected chi connectivity index (χ1v) is 14.2. The second-order valence-corrected chi connectivity index (χ2v) is 12.0. The quantitative estimate of drug-likeness (QED) is 0.316. The van der Waals surface area contributed by atoms with E-state index in [2.05, 4.69) is 66.0 Å². The van der Waals surface area contributed by atoms with Gasteiger partial charge in [-0.1, -0.05) is 96.7 Å². The van der Waals surface area contributed by atoms with Gasteiger partial charge in [-0.05, 0) is 90.9 Å². The van der Waals surface area contributed by atoms with Crippen molar-refractivity contribution in [3.05, 3.63) is 53.6 Å². The minimum Gasteiger partial charge on any atom is -0.299 e. The third kappa shape index (κ3) is 6.52. The van der Waals surface area contributed by atoms with Crippen molar-refractivity contribution in [2.75, 3.05) is 0 Å². The van der Waals surface area contributed by atoms with Crippen molar-refractivity contribution in [3.63, 3.8) is 0 Å². The van der Waals surface area contributed by atoms with Crippen LogP contribution in [-0.4, -0.2) is 5.78 Å². The van der Waals surface area contributed by atoms with Gasteiger partial charge in [0.25, 0.3) is 0 Å². The van der Waals surface area contributed by atoms with Crippen LogP contribution >= 0.6 is 0 Å². The molecule has 0 saturated heterocycles. The molecular weight excluding hydrogens is 412 g/mol. The van der Waals surface area contributed by atoms with Crippen LogP contribution in [0.4, 0.5) is 0 Å². The summed E-state index contributed by atoms with van der Waals surface area (Å²) in [5.41, 5.74) is 6.19. The predicted octanol–water partition coefficient (Wildman–Crippen LogP) is 9.70. The van der Waals surface area contributed by atoms with Crippen LogP contribution in [0.2, 0.25) is 0 Å². The van der Waals surface area contributed by atoms with Crippen molar-refractivity contribution in [3.8, 4) is 0 Å². The van der Waals surface area contributed by atoms with Crippen LogP contribution in [0.5, 0.6) is 0 Å². The summed E-state index contributed by atoms with van der Waals surface area (Å²) in [5, 5.41) is 0. The summed E-state index contributed by atoms with van der Waals surface area (Å²) in [6, 6.07) is 6.77. The molecule has 3 rings (SSSR count). The maximum atomic E-state index is 13.8. The first-order chi connectivity index (χ1) is 16.2. The van der Waals surface area contributed by atoms with Gasteiger partial charge in [0.15, 0.2) is 0 Å². The van der Waals surface area contributed by atoms with Gasteiger partial charge in [-0.15, -0.1) is 0 Å². The topological polar surface area (TPSA) is 17.1 Å². The maximum Gasteiger partial charge on any atom is 0.144 e. The summed E-state index contributed by atoms with van der Waals surface area (Å²) in [6.07, 6.45) is 12.8. The minimum atomic E-state index is -0.0284. The largest absolute Gasteiger partial charge is 0.299 e. The van der Waals surface area contributed by atoms with Crippen molar-refractivity contribution in [1.82, 2.24) is 0 Å². The molecule has 188 valence electrons. The van der Waals surface area contributed by atoms with E-state index < -0.39 is 0 Å². The van der Waals surface area contributed by atoms with Gasteiger partial charge in [0.2, 0.25) is 0 Å². The average molecular weight is 463 g/mol. The fraction of sp³-hybridized carbons (Fsp3) is 0.667.